The summed E-state index contributed by atoms with van der Waals surface area (Å²) in [6.07, 6.45) is 1.54. The van der Waals surface area contributed by atoms with Crippen LogP contribution in [0.3, 0.4) is 0 Å². The van der Waals surface area contributed by atoms with Crippen molar-refractivity contribution < 1.29 is 9.53 Å². The number of hydrogen-bond acceptors (Lipinski definition) is 5. The van der Waals surface area contributed by atoms with Gasteiger partial charge in [0.2, 0.25) is 0 Å². The lowest BCUT2D eigenvalue weighted by molar-refractivity contribution is 0.00703. The van der Waals surface area contributed by atoms with Gasteiger partial charge in [-0.1, -0.05) is 0 Å². The smallest absolute Gasteiger partial charge is 0.342 e. The predicted octanol–water partition coefficient (Wildman–Crippen LogP) is 1.32. The summed E-state index contributed by atoms with van der Waals surface area (Å²) in [5.41, 5.74) is 2.15. The van der Waals surface area contributed by atoms with Crippen molar-refractivity contribution >= 4 is 11.8 Å². The van der Waals surface area contributed by atoms with Crippen LogP contribution in [0.2, 0.25) is 0 Å². The number of nitrogens with zero attached hydrogens (tertiary/aromatic N) is 1. The Morgan fingerprint density at radius 1 is 1.53 bits per heavy atom. The summed E-state index contributed by atoms with van der Waals surface area (Å²) in [5.74, 6) is 5.10. The fourth-order valence-corrected chi connectivity index (χ4v) is 1.02. The molecule has 0 unspecified atom stereocenters. The molecule has 0 aliphatic heterocycles. The lowest BCUT2D eigenvalue weighted by Crippen LogP contribution is -2.25. The number of esters is 1. The van der Waals surface area contributed by atoms with Crippen LogP contribution in [0.15, 0.2) is 18.3 Å². The molecule has 1 heterocycles. The number of carbonyl (C=O) groups excluding carboxylic acids is 1. The van der Waals surface area contributed by atoms with Gasteiger partial charge in [0, 0.05) is 6.20 Å². The Hall–Kier alpha value is -1.62. The molecule has 0 saturated heterocycles. The Bertz CT molecular complexity index is 358. The quantitative estimate of drug-likeness (QED) is 0.436. The van der Waals surface area contributed by atoms with Gasteiger partial charge in [-0.15, -0.1) is 0 Å². The van der Waals surface area contributed by atoms with E-state index in [9.17, 15) is 4.79 Å². The summed E-state index contributed by atoms with van der Waals surface area (Å²) in [6, 6.07) is 3.26. The predicted molar refractivity (Wildman–Crippen MR) is 57.2 cm³/mol. The Kier molecular flexibility index (Phi) is 3.26. The molecule has 5 nitrogen and oxygen atoms in total. The van der Waals surface area contributed by atoms with Crippen LogP contribution in [0.25, 0.3) is 0 Å². The molecule has 0 aliphatic carbocycles. The minimum Gasteiger partial charge on any atom is -0.456 e. The minimum absolute atomic E-state index is 0.312. The highest BCUT2D eigenvalue weighted by atomic mass is 16.6. The normalized spacial score (nSPS) is 10.9. The Morgan fingerprint density at radius 3 is 2.73 bits per heavy atom. The first-order valence-corrected chi connectivity index (χ1v) is 4.59. The number of ether oxygens (including phenoxy) is 1. The van der Waals surface area contributed by atoms with Crippen molar-refractivity contribution in [2.75, 3.05) is 5.43 Å². The third-order valence-electron chi connectivity index (χ3n) is 1.56. The van der Waals surface area contributed by atoms with E-state index in [1.807, 2.05) is 0 Å². The molecule has 0 amide bonds. The monoisotopic (exact) mass is 209 g/mol. The minimum atomic E-state index is -0.529. The molecular weight excluding hydrogens is 194 g/mol. The Labute approximate surface area is 88.6 Å². The molecule has 0 spiro atoms. The number of pyridine rings is 1. The number of carbonyl (C=O) groups is 1. The van der Waals surface area contributed by atoms with Gasteiger partial charge in [0.1, 0.15) is 11.2 Å². The topological polar surface area (TPSA) is 77.2 Å². The summed E-state index contributed by atoms with van der Waals surface area (Å²) < 4.78 is 5.19. The van der Waals surface area contributed by atoms with Crippen molar-refractivity contribution in [3.63, 3.8) is 0 Å². The first-order valence-electron chi connectivity index (χ1n) is 4.59. The van der Waals surface area contributed by atoms with Gasteiger partial charge in [-0.05, 0) is 32.9 Å². The maximum atomic E-state index is 11.7. The molecule has 0 radical (unpaired) electrons. The first kappa shape index (κ1) is 11.5. The van der Waals surface area contributed by atoms with Crippen molar-refractivity contribution in [2.45, 2.75) is 26.4 Å². The number of hydrogen-bond donors (Lipinski definition) is 2. The average Bonchev–Trinajstić information content (AvgIpc) is 2.15. The molecule has 5 heteroatoms. The molecule has 1 aromatic heterocycles. The van der Waals surface area contributed by atoms with Gasteiger partial charge in [-0.3, -0.25) is 0 Å². The van der Waals surface area contributed by atoms with Crippen molar-refractivity contribution in [1.82, 2.24) is 4.98 Å². The molecule has 1 rings (SSSR count). The van der Waals surface area contributed by atoms with Gasteiger partial charge >= 0.3 is 5.97 Å². The molecule has 82 valence electrons. The highest BCUT2D eigenvalue weighted by Crippen LogP contribution is 2.16. The number of nitrogens with two attached hydrogens (primary N) is 1. The zero-order chi connectivity index (χ0) is 11.5. The van der Waals surface area contributed by atoms with Crippen LogP contribution < -0.4 is 11.3 Å². The zero-order valence-electron chi connectivity index (χ0n) is 9.07. The summed E-state index contributed by atoms with van der Waals surface area (Å²) in [5, 5.41) is 0. The molecule has 0 fully saturated rings. The summed E-state index contributed by atoms with van der Waals surface area (Å²) in [7, 11) is 0. The number of nitrogen functional groups attached to an aromatic ring is 1. The third-order valence-corrected chi connectivity index (χ3v) is 1.56. The standard InChI is InChI=1S/C10H15N3O2/c1-10(2,3)15-9(14)7-5-4-6-12-8(7)13-11/h4-6H,11H2,1-3H3,(H,12,13). The van der Waals surface area contributed by atoms with Gasteiger partial charge in [0.25, 0.3) is 0 Å². The van der Waals surface area contributed by atoms with Crippen LogP contribution >= 0.6 is 0 Å². The molecular formula is C10H15N3O2. The van der Waals surface area contributed by atoms with Crippen molar-refractivity contribution in [3.05, 3.63) is 23.9 Å². The highest BCUT2D eigenvalue weighted by Gasteiger charge is 2.20. The zero-order valence-corrected chi connectivity index (χ0v) is 9.07. The van der Waals surface area contributed by atoms with Crippen molar-refractivity contribution in [3.8, 4) is 0 Å². The van der Waals surface area contributed by atoms with Crippen LogP contribution in [0.1, 0.15) is 31.1 Å². The van der Waals surface area contributed by atoms with Gasteiger partial charge in [-0.25, -0.2) is 15.6 Å². The van der Waals surface area contributed by atoms with Crippen LogP contribution in [0, 0.1) is 0 Å². The second kappa shape index (κ2) is 4.27. The second-order valence-electron chi connectivity index (χ2n) is 4.05. The molecule has 0 atom stereocenters. The summed E-state index contributed by atoms with van der Waals surface area (Å²) >= 11 is 0. The SMILES string of the molecule is CC(C)(C)OC(=O)c1cccnc1NN. The van der Waals surface area contributed by atoms with Crippen LogP contribution in [-0.2, 0) is 4.74 Å². The molecule has 0 aromatic carbocycles. The maximum absolute atomic E-state index is 11.7. The second-order valence-corrected chi connectivity index (χ2v) is 4.05. The van der Waals surface area contributed by atoms with Gasteiger partial charge in [0.15, 0.2) is 5.82 Å². The van der Waals surface area contributed by atoms with E-state index in [4.69, 9.17) is 10.6 Å². The van der Waals surface area contributed by atoms with E-state index in [0.29, 0.717) is 11.4 Å². The first-order chi connectivity index (χ1) is 6.94. The van der Waals surface area contributed by atoms with Crippen LogP contribution in [-0.4, -0.2) is 16.6 Å². The van der Waals surface area contributed by atoms with E-state index in [2.05, 4.69) is 10.4 Å². The van der Waals surface area contributed by atoms with Crippen LogP contribution in [0.4, 0.5) is 5.82 Å². The number of hydrazine groups is 1. The molecule has 0 bridgehead atoms. The third kappa shape index (κ3) is 3.21. The van der Waals surface area contributed by atoms with Crippen molar-refractivity contribution in [2.24, 2.45) is 5.84 Å². The fourth-order valence-electron chi connectivity index (χ4n) is 1.02. The number of nitrogens with one attached hydrogen (secondary N) is 1. The van der Waals surface area contributed by atoms with E-state index in [1.54, 1.807) is 39.1 Å². The Balaban J connectivity index is 2.91. The highest BCUT2D eigenvalue weighted by molar-refractivity contribution is 5.94. The van der Waals surface area contributed by atoms with Crippen molar-refractivity contribution in [1.29, 1.82) is 0 Å². The van der Waals surface area contributed by atoms with E-state index < -0.39 is 11.6 Å². The largest absolute Gasteiger partial charge is 0.456 e. The number of aromatic nitrogens is 1. The maximum Gasteiger partial charge on any atom is 0.342 e. The lowest BCUT2D eigenvalue weighted by atomic mass is 10.2. The fraction of sp³-hybridized carbons (Fsp3) is 0.400. The average molecular weight is 209 g/mol. The number of anilines is 1. The molecule has 3 N–H and O–H groups in total. The summed E-state index contributed by atoms with van der Waals surface area (Å²) in [6.45, 7) is 5.41. The van der Waals surface area contributed by atoms with E-state index in [1.165, 1.54) is 0 Å². The molecule has 0 aliphatic rings. The molecule has 15 heavy (non-hydrogen) atoms. The Morgan fingerprint density at radius 2 is 2.20 bits per heavy atom. The summed E-state index contributed by atoms with van der Waals surface area (Å²) in [4.78, 5) is 15.6. The van der Waals surface area contributed by atoms with Gasteiger partial charge in [-0.2, -0.15) is 0 Å². The van der Waals surface area contributed by atoms with E-state index in [-0.39, 0.29) is 0 Å². The van der Waals surface area contributed by atoms with Gasteiger partial charge < -0.3 is 10.2 Å². The molecule has 1 aromatic rings. The molecule has 0 saturated carbocycles. The van der Waals surface area contributed by atoms with Gasteiger partial charge in [0.05, 0.1) is 0 Å². The van der Waals surface area contributed by atoms with Crippen LogP contribution in [0.5, 0.6) is 0 Å². The van der Waals surface area contributed by atoms with E-state index in [0.717, 1.165) is 0 Å². The van der Waals surface area contributed by atoms with E-state index >= 15 is 0 Å². The number of rotatable bonds is 2. The lowest BCUT2D eigenvalue weighted by Gasteiger charge is -2.20.